The van der Waals surface area contributed by atoms with Gasteiger partial charge in [0.1, 0.15) is 17.4 Å². The number of aromatic nitrogens is 6. The number of pyridine rings is 2. The molecule has 15 heteroatoms. The molecule has 58 heavy (non-hydrogen) atoms. The summed E-state index contributed by atoms with van der Waals surface area (Å²) in [4.78, 5) is 37.7. The van der Waals surface area contributed by atoms with Crippen LogP contribution in [0, 0.1) is 17.2 Å². The number of nitriles is 1. The number of nitrogens with one attached hydrogen (secondary N) is 2. The van der Waals surface area contributed by atoms with Gasteiger partial charge in [-0.05, 0) is 93.8 Å². The van der Waals surface area contributed by atoms with Gasteiger partial charge in [-0.2, -0.15) is 10.4 Å². The van der Waals surface area contributed by atoms with Gasteiger partial charge in [-0.15, -0.1) is 10.2 Å². The van der Waals surface area contributed by atoms with E-state index >= 15 is 0 Å². The number of carbonyl (C=O) groups is 2. The maximum absolute atomic E-state index is 12.1. The van der Waals surface area contributed by atoms with Crippen molar-refractivity contribution in [2.75, 3.05) is 50.1 Å². The van der Waals surface area contributed by atoms with Crippen molar-refractivity contribution in [1.29, 1.82) is 5.26 Å². The first-order valence-corrected chi connectivity index (χ1v) is 21.5. The standard InChI is InChI=1S/C23H34N4O2.C20H17N7OS/c1-26(19-5-3-2-4-6-19)16-17-11-13-27(14-12-17)21-9-7-18(15-24-21)20-8-10-22(28)25-23(20)29;21-9-13-7-15-1-2-19(27(15)24-10-13)18-8-17(25-14-3-5-28-6-4-14)16(11-22-18)20-26-23-12-29-20/h7,9,15,17,19-20H,2-6,8,10-14,16H2,1H3,(H,25,28,29);1-2,7-8,10-12,14H,3-6H2,(H,22,25). The molecule has 5 aromatic heterocycles. The topological polar surface area (TPSA) is 167 Å². The van der Waals surface area contributed by atoms with Crippen molar-refractivity contribution < 1.29 is 14.3 Å². The predicted octanol–water partition coefficient (Wildman–Crippen LogP) is 6.46. The lowest BCUT2D eigenvalue weighted by atomic mass is 9.91. The maximum Gasteiger partial charge on any atom is 0.234 e. The third-order valence-corrected chi connectivity index (χ3v) is 12.8. The molecule has 1 atom stereocenters. The zero-order chi connectivity index (χ0) is 39.8. The SMILES string of the molecule is CN(CC1CCN(c2ccc(C3CCC(=O)NC3=O)cn2)CC1)C1CCCCC1.N#Cc1cnn2c(-c3cc(NC4CCOCC4)c(-c4nncs4)cn3)ccc2c1. The summed E-state index contributed by atoms with van der Waals surface area (Å²) < 4.78 is 7.28. The van der Waals surface area contributed by atoms with Crippen LogP contribution in [0.25, 0.3) is 27.5 Å². The summed E-state index contributed by atoms with van der Waals surface area (Å²) in [6.45, 7) is 4.85. The Bertz CT molecular complexity index is 2200. The Balaban J connectivity index is 0.000000162. The number of fused-ring (bicyclic) bond motifs is 1. The molecule has 14 nitrogen and oxygen atoms in total. The minimum atomic E-state index is -0.254. The number of hydrogen-bond donors (Lipinski definition) is 2. The lowest BCUT2D eigenvalue weighted by molar-refractivity contribution is -0.134. The molecule has 302 valence electrons. The first-order chi connectivity index (χ1) is 28.4. The van der Waals surface area contributed by atoms with E-state index in [9.17, 15) is 9.59 Å². The van der Waals surface area contributed by atoms with Gasteiger partial charge in [0.2, 0.25) is 11.8 Å². The van der Waals surface area contributed by atoms with E-state index in [2.05, 4.69) is 58.8 Å². The summed E-state index contributed by atoms with van der Waals surface area (Å²) in [5, 5.41) is 28.6. The monoisotopic (exact) mass is 801 g/mol. The fraction of sp³-hybridized carbons (Fsp3) is 0.488. The predicted molar refractivity (Wildman–Crippen MR) is 223 cm³/mol. The van der Waals surface area contributed by atoms with Crippen LogP contribution < -0.4 is 15.5 Å². The van der Waals surface area contributed by atoms with E-state index < -0.39 is 0 Å². The molecule has 0 bridgehead atoms. The van der Waals surface area contributed by atoms with Gasteiger partial charge in [0, 0.05) is 69.4 Å². The molecule has 3 saturated heterocycles. The van der Waals surface area contributed by atoms with E-state index in [0.29, 0.717) is 24.4 Å². The van der Waals surface area contributed by atoms with E-state index in [0.717, 1.165) is 95.6 Å². The molecule has 1 aliphatic carbocycles. The summed E-state index contributed by atoms with van der Waals surface area (Å²) in [5.41, 5.74) is 7.58. The first-order valence-electron chi connectivity index (χ1n) is 20.7. The van der Waals surface area contributed by atoms with E-state index in [1.54, 1.807) is 16.2 Å². The fourth-order valence-corrected chi connectivity index (χ4v) is 9.29. The normalized spacial score (nSPS) is 19.7. The summed E-state index contributed by atoms with van der Waals surface area (Å²) >= 11 is 1.49. The Labute approximate surface area is 343 Å². The van der Waals surface area contributed by atoms with E-state index in [4.69, 9.17) is 10.00 Å². The number of imide groups is 1. The molecule has 9 rings (SSSR count). The number of anilines is 2. The number of rotatable bonds is 9. The third kappa shape index (κ3) is 9.36. The van der Waals surface area contributed by atoms with Crippen LogP contribution in [-0.2, 0) is 14.3 Å². The lowest BCUT2D eigenvalue weighted by Gasteiger charge is -2.38. The Morgan fingerprint density at radius 3 is 2.52 bits per heavy atom. The van der Waals surface area contributed by atoms with Crippen LogP contribution in [0.3, 0.4) is 0 Å². The Hall–Kier alpha value is -5.30. The highest BCUT2D eigenvalue weighted by Gasteiger charge is 2.29. The lowest BCUT2D eigenvalue weighted by Crippen LogP contribution is -2.41. The highest BCUT2D eigenvalue weighted by atomic mass is 32.1. The second-order valence-corrected chi connectivity index (χ2v) is 16.7. The van der Waals surface area contributed by atoms with Crippen LogP contribution >= 0.6 is 11.3 Å². The van der Waals surface area contributed by atoms with Crippen molar-refractivity contribution in [1.82, 2.24) is 40.0 Å². The molecule has 4 fully saturated rings. The van der Waals surface area contributed by atoms with Gasteiger partial charge in [0.05, 0.1) is 40.1 Å². The molecule has 5 aromatic rings. The summed E-state index contributed by atoms with van der Waals surface area (Å²) in [6, 6.07) is 15.1. The first kappa shape index (κ1) is 39.5. The molecule has 2 amide bonds. The minimum absolute atomic E-state index is 0.173. The second kappa shape index (κ2) is 18.5. The van der Waals surface area contributed by atoms with Crippen molar-refractivity contribution in [2.45, 2.75) is 88.6 Å². The number of carbonyl (C=O) groups excluding carboxylic acids is 2. The quantitative estimate of drug-likeness (QED) is 0.157. The summed E-state index contributed by atoms with van der Waals surface area (Å²) in [7, 11) is 2.32. The molecule has 3 aliphatic heterocycles. The number of amides is 2. The molecular weight excluding hydrogens is 751 g/mol. The van der Waals surface area contributed by atoms with Crippen molar-refractivity contribution in [3.63, 3.8) is 0 Å². The molecule has 1 unspecified atom stereocenters. The number of piperidine rings is 2. The average molecular weight is 802 g/mol. The zero-order valence-corrected chi connectivity index (χ0v) is 33.9. The molecule has 2 N–H and O–H groups in total. The molecule has 1 saturated carbocycles. The van der Waals surface area contributed by atoms with Crippen molar-refractivity contribution in [3.8, 4) is 28.0 Å². The minimum Gasteiger partial charge on any atom is -0.381 e. The molecule has 8 heterocycles. The average Bonchev–Trinajstić information content (AvgIpc) is 3.96. The number of nitrogens with zero attached hydrogens (tertiary/aromatic N) is 9. The molecular formula is C43H51N11O3S. The second-order valence-electron chi connectivity index (χ2n) is 15.9. The zero-order valence-electron chi connectivity index (χ0n) is 33.1. The van der Waals surface area contributed by atoms with Crippen LogP contribution in [0.15, 0.2) is 60.5 Å². The molecule has 4 aliphatic rings. The van der Waals surface area contributed by atoms with E-state index in [1.165, 1.54) is 62.8 Å². The maximum atomic E-state index is 12.1. The van der Waals surface area contributed by atoms with Crippen LogP contribution in [-0.4, -0.2) is 98.5 Å². The van der Waals surface area contributed by atoms with Gasteiger partial charge in [-0.3, -0.25) is 19.9 Å². The van der Waals surface area contributed by atoms with Crippen LogP contribution in [0.4, 0.5) is 11.5 Å². The largest absolute Gasteiger partial charge is 0.381 e. The van der Waals surface area contributed by atoms with Crippen molar-refractivity contribution >= 4 is 40.2 Å². The van der Waals surface area contributed by atoms with Gasteiger partial charge in [-0.1, -0.05) is 36.7 Å². The highest BCUT2D eigenvalue weighted by Crippen LogP contribution is 2.34. The van der Waals surface area contributed by atoms with Gasteiger partial charge < -0.3 is 19.9 Å². The number of hydrogen-bond acceptors (Lipinski definition) is 13. The van der Waals surface area contributed by atoms with Gasteiger partial charge in [-0.25, -0.2) is 9.50 Å². The summed E-state index contributed by atoms with van der Waals surface area (Å²) in [6.07, 6.45) is 17.5. The van der Waals surface area contributed by atoms with Crippen molar-refractivity contribution in [2.24, 2.45) is 5.92 Å². The van der Waals surface area contributed by atoms with Crippen LogP contribution in [0.5, 0.6) is 0 Å². The van der Waals surface area contributed by atoms with Crippen LogP contribution in [0.2, 0.25) is 0 Å². The van der Waals surface area contributed by atoms with E-state index in [1.807, 2.05) is 48.8 Å². The Morgan fingerprint density at radius 1 is 0.966 bits per heavy atom. The summed E-state index contributed by atoms with van der Waals surface area (Å²) in [5.74, 6) is 1.16. The smallest absolute Gasteiger partial charge is 0.234 e. The van der Waals surface area contributed by atoms with Crippen LogP contribution in [0.1, 0.15) is 87.7 Å². The van der Waals surface area contributed by atoms with Gasteiger partial charge in [0.25, 0.3) is 0 Å². The van der Waals surface area contributed by atoms with E-state index in [-0.39, 0.29) is 17.7 Å². The third-order valence-electron chi connectivity index (χ3n) is 12.1. The highest BCUT2D eigenvalue weighted by molar-refractivity contribution is 7.12. The van der Waals surface area contributed by atoms with Gasteiger partial charge in [0.15, 0.2) is 5.01 Å². The number of ether oxygens (including phenoxy) is 1. The molecule has 0 spiro atoms. The molecule has 0 aromatic carbocycles. The van der Waals surface area contributed by atoms with Crippen molar-refractivity contribution in [3.05, 3.63) is 71.6 Å². The Morgan fingerprint density at radius 2 is 1.79 bits per heavy atom. The Kier molecular flexibility index (Phi) is 12.6. The van der Waals surface area contributed by atoms with Gasteiger partial charge >= 0.3 is 0 Å². The molecule has 0 radical (unpaired) electrons. The fourth-order valence-electron chi connectivity index (χ4n) is 8.72.